The van der Waals surface area contributed by atoms with E-state index in [0.29, 0.717) is 18.3 Å². The molecule has 1 N–H and O–H groups in total. The van der Waals surface area contributed by atoms with Gasteiger partial charge in [0, 0.05) is 11.9 Å². The lowest BCUT2D eigenvalue weighted by Gasteiger charge is -2.24. The lowest BCUT2D eigenvalue weighted by molar-refractivity contribution is -0.233. The van der Waals surface area contributed by atoms with E-state index in [4.69, 9.17) is 9.63 Å². The largest absolute Gasteiger partial charge is 0.636 e. The molecule has 3 unspecified atom stereocenters. The maximum absolute atomic E-state index is 10.9. The maximum Gasteiger partial charge on any atom is 0.636 e. The van der Waals surface area contributed by atoms with Crippen LogP contribution in [0.1, 0.15) is 123 Å². The first-order chi connectivity index (χ1) is 16.5. The predicted octanol–water partition coefficient (Wildman–Crippen LogP) is 8.58. The number of hydrogen-bond acceptors (Lipinski definition) is 6. The normalized spacial score (nSPS) is 16.9. The Labute approximate surface area is 213 Å². The first kappa shape index (κ1) is 31.8. The Kier molecular flexibility index (Phi) is 20.6. The van der Waals surface area contributed by atoms with Gasteiger partial charge in [0.05, 0.1) is 12.7 Å². The van der Waals surface area contributed by atoms with E-state index in [2.05, 4.69) is 35.4 Å². The summed E-state index contributed by atoms with van der Waals surface area (Å²) in [6.45, 7) is 5.07. The molecule has 0 spiro atoms. The van der Waals surface area contributed by atoms with Crippen molar-refractivity contribution in [2.75, 3.05) is 19.0 Å². The Bertz CT molecular complexity index is 516. The van der Waals surface area contributed by atoms with Crippen LogP contribution in [0.4, 0.5) is 4.79 Å². The first-order valence-electron chi connectivity index (χ1n) is 13.8. The number of ether oxygens (including phenoxy) is 1. The average Bonchev–Trinajstić information content (AvgIpc) is 2.84. The van der Waals surface area contributed by atoms with Crippen molar-refractivity contribution in [3.63, 3.8) is 0 Å². The van der Waals surface area contributed by atoms with Crippen molar-refractivity contribution in [1.29, 1.82) is 0 Å². The summed E-state index contributed by atoms with van der Waals surface area (Å²) in [5.74, 6) is 2.21. The Morgan fingerprint density at radius 2 is 1.68 bits per heavy atom. The monoisotopic (exact) mass is 521 g/mol. The van der Waals surface area contributed by atoms with Gasteiger partial charge in [-0.05, 0) is 42.4 Å². The summed E-state index contributed by atoms with van der Waals surface area (Å²) in [7, 11) is -3.00. The highest BCUT2D eigenvalue weighted by atomic mass is 32.2. The van der Waals surface area contributed by atoms with Gasteiger partial charge in [0.25, 0.3) is 0 Å². The van der Waals surface area contributed by atoms with Gasteiger partial charge in [-0.25, -0.2) is 4.89 Å². The smallest absolute Gasteiger partial charge is 0.377 e. The lowest BCUT2D eigenvalue weighted by atomic mass is 9.85. The summed E-state index contributed by atoms with van der Waals surface area (Å²) < 4.78 is 16.6. The van der Waals surface area contributed by atoms with Crippen molar-refractivity contribution >= 4 is 25.5 Å². The summed E-state index contributed by atoms with van der Waals surface area (Å²) in [6.07, 6.45) is 22.5. The standard InChI is InChI=1S/C26H49O6PS/c1-3-4-5-6-13-19-25(23(2)30-20-15-21-31-32-26(27)33(28)29)34-22-14-8-7-10-16-24-17-11-9-12-18-24/h23-25H,3-22H2,1-2H3/p+1. The maximum atomic E-state index is 10.9. The van der Waals surface area contributed by atoms with E-state index in [1.54, 1.807) is 0 Å². The molecule has 0 bridgehead atoms. The Morgan fingerprint density at radius 3 is 2.41 bits per heavy atom. The number of hydrogen-bond donors (Lipinski definition) is 1. The fourth-order valence-electron chi connectivity index (χ4n) is 4.62. The van der Waals surface area contributed by atoms with Crippen LogP contribution in [0.2, 0.25) is 0 Å². The first-order valence-corrected chi connectivity index (χ1v) is 16.0. The second kappa shape index (κ2) is 22.0. The minimum Gasteiger partial charge on any atom is -0.377 e. The van der Waals surface area contributed by atoms with Crippen molar-refractivity contribution in [2.24, 2.45) is 5.92 Å². The van der Waals surface area contributed by atoms with E-state index >= 15 is 0 Å². The molecule has 0 aliphatic heterocycles. The molecule has 0 aromatic rings. The minimum atomic E-state index is -3.00. The van der Waals surface area contributed by atoms with Gasteiger partial charge in [0.15, 0.2) is 0 Å². The third kappa shape index (κ3) is 17.3. The highest BCUT2D eigenvalue weighted by Gasteiger charge is 2.30. The highest BCUT2D eigenvalue weighted by molar-refractivity contribution is 7.99. The molecular weight excluding hydrogens is 471 g/mol. The van der Waals surface area contributed by atoms with E-state index in [1.807, 2.05) is 0 Å². The Hall–Kier alpha value is -0.200. The summed E-state index contributed by atoms with van der Waals surface area (Å²) in [5, 5.41) is 0.501. The van der Waals surface area contributed by atoms with Crippen LogP contribution in [0.15, 0.2) is 0 Å². The zero-order valence-corrected chi connectivity index (χ0v) is 23.4. The van der Waals surface area contributed by atoms with Gasteiger partial charge in [0.2, 0.25) is 0 Å². The van der Waals surface area contributed by atoms with E-state index in [0.717, 1.165) is 5.92 Å². The molecule has 6 nitrogen and oxygen atoms in total. The molecule has 0 amide bonds. The lowest BCUT2D eigenvalue weighted by Crippen LogP contribution is -2.25. The summed E-state index contributed by atoms with van der Waals surface area (Å²) in [6, 6.07) is 0. The molecular formula is C26H50O6PS+. The third-order valence-electron chi connectivity index (χ3n) is 6.72. The van der Waals surface area contributed by atoms with Crippen molar-refractivity contribution in [2.45, 2.75) is 134 Å². The van der Waals surface area contributed by atoms with Gasteiger partial charge in [-0.1, -0.05) is 96.8 Å². The number of unbranched alkanes of at least 4 members (excludes halogenated alkanes) is 7. The zero-order valence-electron chi connectivity index (χ0n) is 21.7. The van der Waals surface area contributed by atoms with E-state index < -0.39 is 13.7 Å². The van der Waals surface area contributed by atoms with Gasteiger partial charge in [0.1, 0.15) is 0 Å². The highest BCUT2D eigenvalue weighted by Crippen LogP contribution is 2.29. The SMILES string of the molecule is CCCCCCCC(SCCCCCCC1CCCCC1)C(C)OCCCOOC(=O)[P+](=O)O. The molecule has 200 valence electrons. The van der Waals surface area contributed by atoms with Crippen LogP contribution in [0.5, 0.6) is 0 Å². The number of carbonyl (C=O) groups is 1. The molecule has 3 atom stereocenters. The molecule has 1 aliphatic carbocycles. The fourth-order valence-corrected chi connectivity index (χ4v) is 6.09. The van der Waals surface area contributed by atoms with E-state index in [1.165, 1.54) is 108 Å². The molecule has 0 aromatic carbocycles. The molecule has 1 rings (SSSR count). The molecule has 0 saturated heterocycles. The second-order valence-electron chi connectivity index (χ2n) is 9.69. The van der Waals surface area contributed by atoms with Gasteiger partial charge >= 0.3 is 13.7 Å². The van der Waals surface area contributed by atoms with Crippen LogP contribution in [0, 0.1) is 5.92 Å². The van der Waals surface area contributed by atoms with Crippen molar-refractivity contribution in [3.8, 4) is 0 Å². The van der Waals surface area contributed by atoms with E-state index in [-0.39, 0.29) is 12.7 Å². The van der Waals surface area contributed by atoms with Gasteiger partial charge in [-0.3, -0.25) is 0 Å². The van der Waals surface area contributed by atoms with Gasteiger partial charge in [-0.2, -0.15) is 26.3 Å². The van der Waals surface area contributed by atoms with Crippen molar-refractivity contribution in [1.82, 2.24) is 0 Å². The van der Waals surface area contributed by atoms with Crippen LogP contribution < -0.4 is 0 Å². The number of rotatable bonds is 22. The van der Waals surface area contributed by atoms with Crippen LogP contribution in [0.25, 0.3) is 0 Å². The van der Waals surface area contributed by atoms with Crippen LogP contribution >= 0.6 is 19.8 Å². The quantitative estimate of drug-likeness (QED) is 0.0661. The molecule has 0 radical (unpaired) electrons. The number of carbonyl (C=O) groups excluding carboxylic acids is 1. The number of thioether (sulfide) groups is 1. The van der Waals surface area contributed by atoms with Crippen molar-refractivity contribution in [3.05, 3.63) is 0 Å². The second-order valence-corrected chi connectivity index (χ2v) is 12.0. The Morgan fingerprint density at radius 1 is 0.971 bits per heavy atom. The summed E-state index contributed by atoms with van der Waals surface area (Å²) >= 11 is 2.07. The minimum absolute atomic E-state index is 0.150. The zero-order chi connectivity index (χ0) is 24.9. The molecule has 0 aromatic heterocycles. The van der Waals surface area contributed by atoms with Crippen molar-refractivity contribution < 1.29 is 28.8 Å². The Balaban J connectivity index is 2.18. The van der Waals surface area contributed by atoms with Gasteiger partial charge < -0.3 is 4.74 Å². The average molecular weight is 522 g/mol. The predicted molar refractivity (Wildman–Crippen MR) is 142 cm³/mol. The topological polar surface area (TPSA) is 82.1 Å². The van der Waals surface area contributed by atoms with Crippen LogP contribution in [0.3, 0.4) is 0 Å². The molecule has 1 fully saturated rings. The summed E-state index contributed by atoms with van der Waals surface area (Å²) in [5.41, 5.74) is -1.25. The molecule has 1 aliphatic rings. The molecule has 8 heteroatoms. The molecule has 0 heterocycles. The molecule has 34 heavy (non-hydrogen) atoms. The van der Waals surface area contributed by atoms with Crippen LogP contribution in [-0.2, 0) is 19.1 Å². The van der Waals surface area contributed by atoms with Gasteiger partial charge in [-0.15, -0.1) is 0 Å². The van der Waals surface area contributed by atoms with Crippen LogP contribution in [-0.4, -0.2) is 40.9 Å². The van der Waals surface area contributed by atoms with E-state index in [9.17, 15) is 9.36 Å². The molecule has 1 saturated carbocycles. The fraction of sp³-hybridized carbons (Fsp3) is 0.962. The summed E-state index contributed by atoms with van der Waals surface area (Å²) in [4.78, 5) is 28.4. The third-order valence-corrected chi connectivity index (χ3v) is 8.68.